The van der Waals surface area contributed by atoms with Gasteiger partial charge in [0.15, 0.2) is 0 Å². The molecule has 10 rings (SSSR count). The Morgan fingerprint density at radius 2 is 0.606 bits per heavy atom. The van der Waals surface area contributed by atoms with Gasteiger partial charge < -0.3 is 9.80 Å². The molecule has 0 radical (unpaired) electrons. The first-order valence-corrected chi connectivity index (χ1v) is 43.8. The molecule has 0 aromatic carbocycles. The molecule has 2 amide bonds. The number of hydrogen-bond donors (Lipinski definition) is 0. The van der Waals surface area contributed by atoms with Crippen LogP contribution < -0.4 is 0 Å². The maximum Gasteiger partial charge on any atom is 0.261 e. The van der Waals surface area contributed by atoms with Gasteiger partial charge in [0.25, 0.3) is 11.8 Å². The van der Waals surface area contributed by atoms with Crippen molar-refractivity contribution in [1.29, 1.82) is 0 Å². The van der Waals surface area contributed by atoms with Crippen LogP contribution in [0.5, 0.6) is 0 Å². The van der Waals surface area contributed by atoms with Crippen molar-refractivity contribution in [3.63, 3.8) is 0 Å². The van der Waals surface area contributed by atoms with Crippen LogP contribution in [-0.2, 0) is 22.4 Å². The topological polar surface area (TPSA) is 40.6 Å². The highest BCUT2D eigenvalue weighted by atomic mass is 32.1. The minimum atomic E-state index is 0.0386. The van der Waals surface area contributed by atoms with E-state index in [-0.39, 0.29) is 11.8 Å². The third-order valence-corrected chi connectivity index (χ3v) is 29.1. The van der Waals surface area contributed by atoms with Gasteiger partial charge in [-0.3, -0.25) is 9.59 Å². The van der Waals surface area contributed by atoms with Crippen LogP contribution in [-0.4, -0.2) is 34.7 Å². The van der Waals surface area contributed by atoms with E-state index in [2.05, 4.69) is 147 Å². The summed E-state index contributed by atoms with van der Waals surface area (Å²) in [5.74, 6) is 0.778. The Labute approximate surface area is 599 Å². The zero-order valence-electron chi connectivity index (χ0n) is 57.8. The van der Waals surface area contributed by atoms with Gasteiger partial charge in [-0.25, -0.2) is 0 Å². The molecule has 0 saturated heterocycles. The van der Waals surface area contributed by atoms with Gasteiger partial charge in [0.1, 0.15) is 0 Å². The van der Waals surface area contributed by atoms with Crippen molar-refractivity contribution < 1.29 is 9.59 Å². The summed E-state index contributed by atoms with van der Waals surface area (Å²) >= 11 is 15.0. The van der Waals surface area contributed by atoms with E-state index in [1.54, 1.807) is 0 Å². The van der Waals surface area contributed by atoms with E-state index in [4.69, 9.17) is 0 Å². The van der Waals surface area contributed by atoms with E-state index in [9.17, 15) is 0 Å². The Kier molecular flexibility index (Phi) is 29.7. The maximum absolute atomic E-state index is 16.5. The van der Waals surface area contributed by atoms with E-state index in [1.807, 2.05) is 90.7 Å². The van der Waals surface area contributed by atoms with E-state index >= 15 is 9.59 Å². The van der Waals surface area contributed by atoms with Gasteiger partial charge in [0, 0.05) is 71.6 Å². The second-order valence-electron chi connectivity index (χ2n) is 27.0. The summed E-state index contributed by atoms with van der Waals surface area (Å²) in [4.78, 5) is 55.3. The van der Waals surface area contributed by atoms with E-state index in [0.29, 0.717) is 36.1 Å². The smallest absolute Gasteiger partial charge is 0.261 e. The fourth-order valence-electron chi connectivity index (χ4n) is 14.2. The van der Waals surface area contributed by atoms with Crippen molar-refractivity contribution in [2.45, 2.75) is 260 Å². The molecule has 0 N–H and O–H groups in total. The monoisotopic (exact) mass is 1410 g/mol. The first-order valence-electron chi connectivity index (χ1n) is 37.1. The Balaban J connectivity index is 1.09. The van der Waals surface area contributed by atoms with Crippen LogP contribution in [0.25, 0.3) is 69.9 Å². The number of thiophene rings is 8. The fraction of sp³-hybridized carbons (Fsp3) is 0.537. The Bertz CT molecular complexity index is 3370. The lowest BCUT2D eigenvalue weighted by Crippen LogP contribution is -2.34. The molecule has 0 bridgehead atoms. The Morgan fingerprint density at radius 1 is 0.309 bits per heavy atom. The molecule has 4 nitrogen and oxygen atoms in total. The van der Waals surface area contributed by atoms with E-state index < -0.39 is 0 Å². The second-order valence-corrected chi connectivity index (χ2v) is 35.3. The van der Waals surface area contributed by atoms with Gasteiger partial charge >= 0.3 is 0 Å². The zero-order valence-corrected chi connectivity index (χ0v) is 64.4. The van der Waals surface area contributed by atoms with Gasteiger partial charge in [-0.2, -0.15) is 0 Å². The summed E-state index contributed by atoms with van der Waals surface area (Å²) < 4.78 is 0. The summed E-state index contributed by atoms with van der Waals surface area (Å²) in [5.41, 5.74) is 5.95. The van der Waals surface area contributed by atoms with Gasteiger partial charge in [0.05, 0.1) is 32.3 Å². The number of carbonyl (C=O) groups excluding carboxylic acids is 2. The normalized spacial score (nSPS) is 14.1. The predicted molar refractivity (Wildman–Crippen MR) is 422 cm³/mol. The number of carbonyl (C=O) groups is 2. The molecule has 0 fully saturated rings. The van der Waals surface area contributed by atoms with E-state index in [1.165, 1.54) is 249 Å². The van der Waals surface area contributed by atoms with Crippen LogP contribution in [0.4, 0.5) is 0 Å². The van der Waals surface area contributed by atoms with Gasteiger partial charge in [-0.05, 0) is 158 Å². The molecule has 0 spiro atoms. The average Bonchev–Trinajstić information content (AvgIpc) is 1.55. The lowest BCUT2D eigenvalue weighted by atomic mass is 9.93. The number of hydrogen-bond acceptors (Lipinski definition) is 10. The number of aryl methyl sites for hydroxylation is 2. The van der Waals surface area contributed by atoms with Crippen LogP contribution in [0, 0.1) is 11.8 Å². The Morgan fingerprint density at radius 3 is 0.957 bits per heavy atom. The summed E-state index contributed by atoms with van der Waals surface area (Å²) in [6, 6.07) is 32.3. The van der Waals surface area contributed by atoms with Crippen molar-refractivity contribution in [2.24, 2.45) is 11.8 Å². The molecule has 2 aliphatic rings. The fourth-order valence-corrected chi connectivity index (χ4v) is 22.9. The molecular weight excluding hydrogens is 1300 g/mol. The van der Waals surface area contributed by atoms with Crippen LogP contribution in [0.15, 0.2) is 107 Å². The third kappa shape index (κ3) is 19.3. The molecule has 0 aliphatic carbocycles. The largest absolute Gasteiger partial charge is 0.306 e. The molecule has 8 aromatic rings. The molecule has 2 unspecified atom stereocenters. The molecular formula is C82H108N2O2S8. The first kappa shape index (κ1) is 72.8. The lowest BCUT2D eigenvalue weighted by Gasteiger charge is -2.29. The number of rotatable bonds is 46. The minimum absolute atomic E-state index is 0.0386. The van der Waals surface area contributed by atoms with Crippen molar-refractivity contribution in [1.82, 2.24) is 9.80 Å². The molecule has 2 atom stereocenters. The highest BCUT2D eigenvalue weighted by molar-refractivity contribution is 7.29. The van der Waals surface area contributed by atoms with Crippen LogP contribution in [0.3, 0.4) is 0 Å². The summed E-state index contributed by atoms with van der Waals surface area (Å²) in [5, 5.41) is 4.37. The maximum atomic E-state index is 16.5. The number of nitrogens with zero attached hydrogens (tertiary/aromatic N) is 2. The predicted octanol–water partition coefficient (Wildman–Crippen LogP) is 28.9. The standard InChI is InChI=1S/C82H108N2O2S8/c1-7-13-19-25-27-31-39-59(37-29-21-15-9-3)57-83-77(69-49-45-67(89-69)73-55-61(41-33-23-17-11-5)79(93-73)71-51-47-65(91-71)63-43-35-53-87-63)75-76(81(83)85)78(84(82(75)86)58-60(38-30-22-16-10-4)40-32-28-26-20-14-8-2)70-50-46-68(90-70)74-56-62(42-34-24-18-12-6)80(94-74)72-52-48-66(92-72)64-44-36-54-88-64/h35-36,43-56,59-60H,7-34,37-42,57-58H2,1-6H3. The molecule has 8 aromatic heterocycles. The second kappa shape index (κ2) is 38.4. The number of amides is 2. The third-order valence-electron chi connectivity index (χ3n) is 19.5. The van der Waals surface area contributed by atoms with Crippen LogP contribution in [0.2, 0.25) is 0 Å². The van der Waals surface area contributed by atoms with Crippen LogP contribution in [0.1, 0.15) is 268 Å². The first-order chi connectivity index (χ1) is 46.2. The Hall–Kier alpha value is -3.98. The summed E-state index contributed by atoms with van der Waals surface area (Å²) in [7, 11) is 0. The molecule has 506 valence electrons. The van der Waals surface area contributed by atoms with Gasteiger partial charge in [-0.1, -0.05) is 221 Å². The molecule has 10 heterocycles. The zero-order chi connectivity index (χ0) is 65.4. The summed E-state index contributed by atoms with van der Waals surface area (Å²) in [6.07, 6.45) is 41.2. The molecule has 94 heavy (non-hydrogen) atoms. The molecule has 12 heteroatoms. The molecule has 2 aliphatic heterocycles. The van der Waals surface area contributed by atoms with Crippen molar-refractivity contribution >= 4 is 114 Å². The van der Waals surface area contributed by atoms with Gasteiger partial charge in [-0.15, -0.1) is 90.7 Å². The van der Waals surface area contributed by atoms with Crippen LogP contribution >= 0.6 is 90.7 Å². The quantitative estimate of drug-likeness (QED) is 0.0357. The van der Waals surface area contributed by atoms with E-state index in [0.717, 1.165) is 59.7 Å². The highest BCUT2D eigenvalue weighted by Crippen LogP contribution is 2.54. The minimum Gasteiger partial charge on any atom is -0.306 e. The molecule has 0 saturated carbocycles. The van der Waals surface area contributed by atoms with Gasteiger partial charge in [0.2, 0.25) is 0 Å². The SMILES string of the molecule is CCCCCCCCC(CCCCCC)CN1C(=O)C2=C(c3ccc(-c4cc(CCCCCC)c(-c5ccc(-c6cccs6)s5)s4)s3)N(CC(CCCCCC)CCCCCCCC)C(=O)C2=C1c1ccc(-c2cc(CCCCCC)c(-c3ccc(-c4cccs4)s3)s2)s1. The summed E-state index contributed by atoms with van der Waals surface area (Å²) in [6.45, 7) is 15.1. The van der Waals surface area contributed by atoms with Crippen molar-refractivity contribution in [3.05, 3.63) is 128 Å². The lowest BCUT2D eigenvalue weighted by molar-refractivity contribution is -0.124. The number of fused-ring (bicyclic) bond motifs is 1. The van der Waals surface area contributed by atoms with Crippen molar-refractivity contribution in [3.8, 4) is 58.5 Å². The average molecular weight is 1410 g/mol. The van der Waals surface area contributed by atoms with Crippen molar-refractivity contribution in [2.75, 3.05) is 13.1 Å². The number of unbranched alkanes of at least 4 members (excludes halogenated alkanes) is 22. The highest BCUT2D eigenvalue weighted by Gasteiger charge is 2.50.